The first-order chi connectivity index (χ1) is 10.1. The third kappa shape index (κ3) is 2.73. The van der Waals surface area contributed by atoms with Crippen LogP contribution in [0.1, 0.15) is 32.6 Å². The van der Waals surface area contributed by atoms with Gasteiger partial charge in [0.05, 0.1) is 0 Å². The molecule has 112 valence electrons. The first-order valence-corrected chi connectivity index (χ1v) is 7.95. The minimum absolute atomic E-state index is 0.0188. The van der Waals surface area contributed by atoms with Gasteiger partial charge >= 0.3 is 0 Å². The Morgan fingerprint density at radius 2 is 1.76 bits per heavy atom. The zero-order valence-electron chi connectivity index (χ0n) is 12.2. The van der Waals surface area contributed by atoms with Crippen LogP contribution in [0.5, 0.6) is 0 Å². The van der Waals surface area contributed by atoms with E-state index in [4.69, 9.17) is 12.2 Å². The Balaban J connectivity index is 1.81. The first-order valence-electron chi connectivity index (χ1n) is 7.55. The number of ketones is 1. The molecule has 1 aromatic carbocycles. The molecular formula is C16H21N3OS. The number of carbonyl (C=O) groups is 1. The second-order valence-electron chi connectivity index (χ2n) is 5.91. The van der Waals surface area contributed by atoms with Gasteiger partial charge < -0.3 is 5.32 Å². The van der Waals surface area contributed by atoms with Crippen LogP contribution in [0.3, 0.4) is 0 Å². The highest BCUT2D eigenvalue weighted by Gasteiger charge is 2.50. The normalized spacial score (nSPS) is 26.9. The summed E-state index contributed by atoms with van der Waals surface area (Å²) in [6.07, 6.45) is 4.62. The summed E-state index contributed by atoms with van der Waals surface area (Å²) in [5.41, 5.74) is -0.0215. The summed E-state index contributed by atoms with van der Waals surface area (Å²) in [5, 5.41) is 10.1. The fraction of sp³-hybridized carbons (Fsp3) is 0.500. The predicted octanol–water partition coefficient (Wildman–Crippen LogP) is 2.22. The molecule has 0 radical (unpaired) electrons. The van der Waals surface area contributed by atoms with Crippen molar-refractivity contribution < 1.29 is 4.79 Å². The van der Waals surface area contributed by atoms with Crippen LogP contribution in [0, 0.1) is 0 Å². The van der Waals surface area contributed by atoms with Crippen LogP contribution in [-0.2, 0) is 4.79 Å². The Kier molecular flexibility index (Phi) is 4.06. The maximum atomic E-state index is 12.3. The van der Waals surface area contributed by atoms with Crippen LogP contribution < -0.4 is 16.0 Å². The molecule has 4 nitrogen and oxygen atoms in total. The monoisotopic (exact) mass is 303 g/mol. The summed E-state index contributed by atoms with van der Waals surface area (Å²) in [4.78, 5) is 12.8. The molecule has 1 saturated heterocycles. The van der Waals surface area contributed by atoms with Gasteiger partial charge in [0.15, 0.2) is 11.4 Å². The van der Waals surface area contributed by atoms with Gasteiger partial charge in [-0.05, 0) is 31.9 Å². The van der Waals surface area contributed by atoms with Gasteiger partial charge in [0.2, 0.25) is 0 Å². The number of para-hydroxylation sites is 1. The van der Waals surface area contributed by atoms with E-state index in [-0.39, 0.29) is 5.78 Å². The highest BCUT2D eigenvalue weighted by molar-refractivity contribution is 7.80. The van der Waals surface area contributed by atoms with Crippen molar-refractivity contribution in [3.63, 3.8) is 0 Å². The van der Waals surface area contributed by atoms with E-state index in [9.17, 15) is 4.79 Å². The van der Waals surface area contributed by atoms with Crippen LogP contribution in [0.25, 0.3) is 0 Å². The van der Waals surface area contributed by atoms with Crippen LogP contribution in [0.4, 0.5) is 5.69 Å². The zero-order chi connectivity index (χ0) is 14.9. The number of thiocarbonyl (C=S) groups is 1. The minimum Gasteiger partial charge on any atom is -0.347 e. The molecular weight excluding hydrogens is 282 g/mol. The fourth-order valence-corrected chi connectivity index (χ4v) is 3.69. The number of Topliss-reactive ketones (excluding diaryl/α,β-unsaturated/α-hetero) is 1. The summed E-state index contributed by atoms with van der Waals surface area (Å²) >= 11 is 5.55. The Hall–Kier alpha value is -1.30. The van der Waals surface area contributed by atoms with Gasteiger partial charge in [-0.3, -0.25) is 15.4 Å². The maximum absolute atomic E-state index is 12.3. The first kappa shape index (κ1) is 14.6. The lowest BCUT2D eigenvalue weighted by Crippen LogP contribution is -2.63. The summed E-state index contributed by atoms with van der Waals surface area (Å²) in [7, 11) is 0. The topological polar surface area (TPSA) is 53.2 Å². The van der Waals surface area contributed by atoms with Crippen molar-refractivity contribution in [3.8, 4) is 0 Å². The van der Waals surface area contributed by atoms with Crippen LogP contribution in [0.15, 0.2) is 30.3 Å². The van der Waals surface area contributed by atoms with Gasteiger partial charge in [0.1, 0.15) is 4.99 Å². The van der Waals surface area contributed by atoms with Gasteiger partial charge in [-0.1, -0.05) is 43.3 Å². The second kappa shape index (κ2) is 5.83. The van der Waals surface area contributed by atoms with Gasteiger partial charge in [-0.2, -0.15) is 0 Å². The molecule has 2 aliphatic rings. The molecule has 21 heavy (non-hydrogen) atoms. The number of benzene rings is 1. The van der Waals surface area contributed by atoms with E-state index in [1.807, 2.05) is 30.3 Å². The number of rotatable bonds is 3. The lowest BCUT2D eigenvalue weighted by atomic mass is 9.92. The highest BCUT2D eigenvalue weighted by atomic mass is 32.1. The fourth-order valence-electron chi connectivity index (χ4n) is 3.31. The standard InChI is InChI=1S/C16H21N3OS/c1-11(20)16(15(21)17-12-7-3-2-4-8-12)18-13-9-5-6-10-14(13)19-16/h2-4,7-8,13-14,18-19H,5-6,9-10H2,1H3,(H,17,21)/t13-,14-/m1/s1. The number of fused-ring (bicyclic) bond motifs is 1. The van der Waals surface area contributed by atoms with Gasteiger partial charge in [0.25, 0.3) is 0 Å². The van der Waals surface area contributed by atoms with Crippen molar-refractivity contribution in [2.24, 2.45) is 0 Å². The Bertz CT molecular complexity index is 532. The number of hydrogen-bond acceptors (Lipinski definition) is 4. The number of carbonyl (C=O) groups excluding carboxylic acids is 1. The largest absolute Gasteiger partial charge is 0.347 e. The molecule has 5 heteroatoms. The summed E-state index contributed by atoms with van der Waals surface area (Å²) in [5.74, 6) is 0.0188. The van der Waals surface area contributed by atoms with E-state index < -0.39 is 5.66 Å². The number of anilines is 1. The van der Waals surface area contributed by atoms with Crippen LogP contribution >= 0.6 is 12.2 Å². The Labute approximate surface area is 130 Å². The second-order valence-corrected chi connectivity index (χ2v) is 6.32. The van der Waals surface area contributed by atoms with E-state index >= 15 is 0 Å². The van der Waals surface area contributed by atoms with Crippen molar-refractivity contribution in [1.29, 1.82) is 0 Å². The Morgan fingerprint density at radius 3 is 2.29 bits per heavy atom. The molecule has 0 bridgehead atoms. The third-order valence-electron chi connectivity index (χ3n) is 4.47. The molecule has 2 atom stereocenters. The van der Waals surface area contributed by atoms with Crippen molar-refractivity contribution in [3.05, 3.63) is 30.3 Å². The van der Waals surface area contributed by atoms with Gasteiger partial charge in [-0.15, -0.1) is 0 Å². The van der Waals surface area contributed by atoms with E-state index in [0.29, 0.717) is 17.1 Å². The SMILES string of the molecule is CC(=O)C1(C(=S)Nc2ccccc2)N[C@@H]2CCCC[C@H]2N1. The summed E-state index contributed by atoms with van der Waals surface area (Å²) < 4.78 is 0. The van der Waals surface area contributed by atoms with Gasteiger partial charge in [0, 0.05) is 17.8 Å². The van der Waals surface area contributed by atoms with Crippen molar-refractivity contribution >= 4 is 28.7 Å². The molecule has 1 aromatic rings. The van der Waals surface area contributed by atoms with Crippen LogP contribution in [-0.4, -0.2) is 28.5 Å². The van der Waals surface area contributed by atoms with Crippen LogP contribution in [0.2, 0.25) is 0 Å². The molecule has 3 rings (SSSR count). The lowest BCUT2D eigenvalue weighted by molar-refractivity contribution is -0.121. The maximum Gasteiger partial charge on any atom is 0.181 e. The molecule has 3 N–H and O–H groups in total. The molecule has 1 aliphatic carbocycles. The highest BCUT2D eigenvalue weighted by Crippen LogP contribution is 2.28. The quantitative estimate of drug-likeness (QED) is 0.748. The van der Waals surface area contributed by atoms with Crippen molar-refractivity contribution in [2.75, 3.05) is 5.32 Å². The van der Waals surface area contributed by atoms with E-state index in [1.165, 1.54) is 12.8 Å². The van der Waals surface area contributed by atoms with E-state index in [2.05, 4.69) is 16.0 Å². The molecule has 2 fully saturated rings. The zero-order valence-corrected chi connectivity index (χ0v) is 13.0. The smallest absolute Gasteiger partial charge is 0.181 e. The molecule has 0 spiro atoms. The molecule has 1 saturated carbocycles. The van der Waals surface area contributed by atoms with Gasteiger partial charge in [-0.25, -0.2) is 0 Å². The molecule has 0 amide bonds. The molecule has 0 aromatic heterocycles. The average Bonchev–Trinajstić information content (AvgIpc) is 2.89. The number of hydrogen-bond donors (Lipinski definition) is 3. The molecule has 1 heterocycles. The van der Waals surface area contributed by atoms with Crippen molar-refractivity contribution in [2.45, 2.75) is 50.4 Å². The Morgan fingerprint density at radius 1 is 1.19 bits per heavy atom. The number of nitrogens with one attached hydrogen (secondary N) is 3. The predicted molar refractivity (Wildman–Crippen MR) is 88.4 cm³/mol. The summed E-state index contributed by atoms with van der Waals surface area (Å²) in [6.45, 7) is 1.59. The summed E-state index contributed by atoms with van der Waals surface area (Å²) in [6, 6.07) is 10.4. The minimum atomic E-state index is -0.926. The van der Waals surface area contributed by atoms with Crippen molar-refractivity contribution in [1.82, 2.24) is 10.6 Å². The molecule has 1 aliphatic heterocycles. The van der Waals surface area contributed by atoms with E-state index in [0.717, 1.165) is 18.5 Å². The van der Waals surface area contributed by atoms with E-state index in [1.54, 1.807) is 6.92 Å². The lowest BCUT2D eigenvalue weighted by Gasteiger charge is -2.29. The average molecular weight is 303 g/mol. The third-order valence-corrected chi connectivity index (χ3v) is 4.88. The molecule has 0 unspecified atom stereocenters.